The Bertz CT molecular complexity index is 405. The van der Waals surface area contributed by atoms with E-state index in [1.807, 2.05) is 25.1 Å². The molecule has 1 atom stereocenters. The van der Waals surface area contributed by atoms with Crippen molar-refractivity contribution >= 4 is 15.9 Å². The first kappa shape index (κ1) is 16.5. The highest BCUT2D eigenvalue weighted by Crippen LogP contribution is 2.27. The lowest BCUT2D eigenvalue weighted by Gasteiger charge is -2.24. The van der Waals surface area contributed by atoms with Crippen LogP contribution in [0.5, 0.6) is 5.75 Å². The molecule has 0 aromatic heterocycles. The van der Waals surface area contributed by atoms with Gasteiger partial charge in [0, 0.05) is 12.5 Å². The van der Waals surface area contributed by atoms with Crippen LogP contribution in [0.15, 0.2) is 22.7 Å². The molecule has 19 heavy (non-hydrogen) atoms. The van der Waals surface area contributed by atoms with E-state index in [-0.39, 0.29) is 0 Å². The van der Waals surface area contributed by atoms with Crippen LogP contribution >= 0.6 is 15.9 Å². The van der Waals surface area contributed by atoms with E-state index in [0.717, 1.165) is 28.8 Å². The summed E-state index contributed by atoms with van der Waals surface area (Å²) in [6.07, 6.45) is 1.37. The van der Waals surface area contributed by atoms with Crippen molar-refractivity contribution < 1.29 is 9.84 Å². The van der Waals surface area contributed by atoms with Gasteiger partial charge in [-0.1, -0.05) is 19.9 Å². The zero-order chi connectivity index (χ0) is 14.5. The first-order valence-corrected chi connectivity index (χ1v) is 7.41. The summed E-state index contributed by atoms with van der Waals surface area (Å²) >= 11 is 3.47. The zero-order valence-corrected chi connectivity index (χ0v) is 13.8. The first-order chi connectivity index (χ1) is 8.84. The van der Waals surface area contributed by atoms with E-state index in [1.165, 1.54) is 0 Å². The number of hydrogen-bond donors (Lipinski definition) is 2. The van der Waals surface area contributed by atoms with Gasteiger partial charge in [-0.05, 0) is 53.5 Å². The summed E-state index contributed by atoms with van der Waals surface area (Å²) < 4.78 is 6.12. The molecule has 108 valence electrons. The maximum Gasteiger partial charge on any atom is 0.133 e. The van der Waals surface area contributed by atoms with Crippen LogP contribution in [0.3, 0.4) is 0 Å². The lowest BCUT2D eigenvalue weighted by Crippen LogP contribution is -2.34. The van der Waals surface area contributed by atoms with Gasteiger partial charge in [0.2, 0.25) is 0 Å². The fourth-order valence-corrected chi connectivity index (χ4v) is 2.57. The van der Waals surface area contributed by atoms with Crippen LogP contribution in [-0.2, 0) is 6.42 Å². The molecule has 0 bridgehead atoms. The van der Waals surface area contributed by atoms with Crippen molar-refractivity contribution in [1.82, 2.24) is 5.32 Å². The summed E-state index contributed by atoms with van der Waals surface area (Å²) in [4.78, 5) is 0. The van der Waals surface area contributed by atoms with E-state index in [9.17, 15) is 5.11 Å². The summed E-state index contributed by atoms with van der Waals surface area (Å²) in [7, 11) is 1.65. The van der Waals surface area contributed by atoms with Gasteiger partial charge in [-0.15, -0.1) is 0 Å². The van der Waals surface area contributed by atoms with E-state index in [0.29, 0.717) is 12.5 Å². The number of hydrogen-bond acceptors (Lipinski definition) is 3. The summed E-state index contributed by atoms with van der Waals surface area (Å²) in [6.45, 7) is 6.92. The van der Waals surface area contributed by atoms with Crippen molar-refractivity contribution in [2.45, 2.75) is 45.3 Å². The molecule has 1 unspecified atom stereocenters. The van der Waals surface area contributed by atoms with E-state index < -0.39 is 5.60 Å². The van der Waals surface area contributed by atoms with Crippen LogP contribution in [0.25, 0.3) is 0 Å². The molecular weight excluding hydrogens is 306 g/mol. The minimum atomic E-state index is -0.698. The average Bonchev–Trinajstić information content (AvgIpc) is 2.27. The Labute approximate surface area is 124 Å². The highest BCUT2D eigenvalue weighted by atomic mass is 79.9. The molecule has 0 heterocycles. The third-order valence-corrected chi connectivity index (χ3v) is 3.64. The van der Waals surface area contributed by atoms with Gasteiger partial charge in [0.25, 0.3) is 0 Å². The highest BCUT2D eigenvalue weighted by molar-refractivity contribution is 9.10. The lowest BCUT2D eigenvalue weighted by molar-refractivity contribution is 0.0510. The minimum absolute atomic E-state index is 0.450. The number of ether oxygens (including phenoxy) is 1. The number of nitrogens with one attached hydrogen (secondary N) is 1. The zero-order valence-electron chi connectivity index (χ0n) is 12.2. The molecule has 0 aliphatic carbocycles. The summed E-state index contributed by atoms with van der Waals surface area (Å²) in [5.41, 5.74) is 0.401. The molecule has 0 spiro atoms. The summed E-state index contributed by atoms with van der Waals surface area (Å²) in [6, 6.07) is 6.37. The Morgan fingerprint density at radius 2 is 2.11 bits per heavy atom. The molecule has 0 radical (unpaired) electrons. The molecule has 0 aliphatic heterocycles. The van der Waals surface area contributed by atoms with Gasteiger partial charge in [-0.25, -0.2) is 0 Å². The van der Waals surface area contributed by atoms with Crippen LogP contribution in [0.1, 0.15) is 32.8 Å². The fraction of sp³-hybridized carbons (Fsp3) is 0.600. The Balaban J connectivity index is 2.59. The van der Waals surface area contributed by atoms with Gasteiger partial charge in [0.1, 0.15) is 5.75 Å². The van der Waals surface area contributed by atoms with Crippen molar-refractivity contribution in [1.29, 1.82) is 0 Å². The minimum Gasteiger partial charge on any atom is -0.496 e. The van der Waals surface area contributed by atoms with Crippen LogP contribution in [0, 0.1) is 0 Å². The van der Waals surface area contributed by atoms with E-state index in [2.05, 4.69) is 35.1 Å². The van der Waals surface area contributed by atoms with Gasteiger partial charge in [0.15, 0.2) is 0 Å². The first-order valence-electron chi connectivity index (χ1n) is 6.62. The number of aliphatic hydroxyl groups is 1. The van der Waals surface area contributed by atoms with Gasteiger partial charge >= 0.3 is 0 Å². The summed E-state index contributed by atoms with van der Waals surface area (Å²) in [5.74, 6) is 0.810. The van der Waals surface area contributed by atoms with Gasteiger partial charge < -0.3 is 15.2 Å². The van der Waals surface area contributed by atoms with Crippen molar-refractivity contribution in [2.24, 2.45) is 0 Å². The number of methoxy groups -OCH3 is 1. The molecule has 0 saturated carbocycles. The monoisotopic (exact) mass is 329 g/mol. The second kappa shape index (κ2) is 7.27. The van der Waals surface area contributed by atoms with Crippen molar-refractivity contribution in [2.75, 3.05) is 13.7 Å². The topological polar surface area (TPSA) is 41.5 Å². The normalized spacial score (nSPS) is 14.5. The molecule has 1 aromatic carbocycles. The van der Waals surface area contributed by atoms with E-state index in [4.69, 9.17) is 4.74 Å². The average molecular weight is 330 g/mol. The van der Waals surface area contributed by atoms with Gasteiger partial charge in [-0.2, -0.15) is 0 Å². The van der Waals surface area contributed by atoms with Crippen LogP contribution in [-0.4, -0.2) is 30.4 Å². The van der Waals surface area contributed by atoms with Crippen LogP contribution < -0.4 is 10.1 Å². The Morgan fingerprint density at radius 1 is 1.42 bits per heavy atom. The standard InChI is InChI=1S/C15H24BrNO2/c1-11(2)17-8-7-15(3,18)10-12-5-6-14(19-4)13(16)9-12/h5-6,9,11,17-18H,7-8,10H2,1-4H3. The molecule has 0 fully saturated rings. The lowest BCUT2D eigenvalue weighted by atomic mass is 9.93. The fourth-order valence-electron chi connectivity index (χ4n) is 1.98. The predicted octanol–water partition coefficient (Wildman–Crippen LogP) is 3.14. The predicted molar refractivity (Wildman–Crippen MR) is 82.8 cm³/mol. The van der Waals surface area contributed by atoms with E-state index in [1.54, 1.807) is 7.11 Å². The third-order valence-electron chi connectivity index (χ3n) is 3.02. The molecule has 0 aliphatic rings. The Hall–Kier alpha value is -0.580. The molecule has 4 heteroatoms. The Morgan fingerprint density at radius 3 is 2.63 bits per heavy atom. The second-order valence-corrected chi connectivity index (χ2v) is 6.36. The number of benzene rings is 1. The van der Waals surface area contributed by atoms with Crippen LogP contribution in [0.2, 0.25) is 0 Å². The van der Waals surface area contributed by atoms with Crippen molar-refractivity contribution in [3.63, 3.8) is 0 Å². The number of halogens is 1. The maximum absolute atomic E-state index is 10.4. The second-order valence-electron chi connectivity index (χ2n) is 5.50. The maximum atomic E-state index is 10.4. The smallest absolute Gasteiger partial charge is 0.133 e. The molecule has 3 nitrogen and oxygen atoms in total. The molecule has 2 N–H and O–H groups in total. The molecule has 1 aromatic rings. The summed E-state index contributed by atoms with van der Waals surface area (Å²) in [5, 5.41) is 13.7. The van der Waals surface area contributed by atoms with Crippen molar-refractivity contribution in [3.05, 3.63) is 28.2 Å². The van der Waals surface area contributed by atoms with Crippen molar-refractivity contribution in [3.8, 4) is 5.75 Å². The third kappa shape index (κ3) is 5.93. The molecule has 0 amide bonds. The van der Waals surface area contributed by atoms with E-state index >= 15 is 0 Å². The molecule has 1 rings (SSSR count). The van der Waals surface area contributed by atoms with Gasteiger partial charge in [-0.3, -0.25) is 0 Å². The Kier molecular flexibility index (Phi) is 6.30. The van der Waals surface area contributed by atoms with Gasteiger partial charge in [0.05, 0.1) is 17.2 Å². The molecular formula is C15H24BrNO2. The SMILES string of the molecule is COc1ccc(CC(C)(O)CCNC(C)C)cc1Br. The number of rotatable bonds is 7. The molecule has 0 saturated heterocycles. The van der Waals surface area contributed by atoms with Crippen LogP contribution in [0.4, 0.5) is 0 Å². The quantitative estimate of drug-likeness (QED) is 0.807. The largest absolute Gasteiger partial charge is 0.496 e. The highest BCUT2D eigenvalue weighted by Gasteiger charge is 2.21.